The van der Waals surface area contributed by atoms with Crippen LogP contribution in [0.1, 0.15) is 11.1 Å². The van der Waals surface area contributed by atoms with Crippen LogP contribution in [0.4, 0.5) is 0 Å². The Morgan fingerprint density at radius 2 is 1.74 bits per heavy atom. The molecule has 2 aromatic rings. The Morgan fingerprint density at radius 3 is 2.47 bits per heavy atom. The van der Waals surface area contributed by atoms with Crippen LogP contribution in [0.2, 0.25) is 0 Å². The van der Waals surface area contributed by atoms with Crippen molar-refractivity contribution in [1.29, 1.82) is 0 Å². The molecule has 0 atom stereocenters. The van der Waals surface area contributed by atoms with E-state index in [4.69, 9.17) is 0 Å². The molecular weight excluding hydrogens is 234 g/mol. The predicted molar refractivity (Wildman–Crippen MR) is 78.7 cm³/mol. The van der Waals surface area contributed by atoms with E-state index in [1.807, 2.05) is 18.5 Å². The summed E-state index contributed by atoms with van der Waals surface area (Å²) in [6.07, 6.45) is 3.69. The fourth-order valence-electron chi connectivity index (χ4n) is 1.98. The maximum absolute atomic E-state index is 4.03. The van der Waals surface area contributed by atoms with Crippen molar-refractivity contribution in [3.8, 4) is 0 Å². The molecule has 19 heavy (non-hydrogen) atoms. The van der Waals surface area contributed by atoms with Gasteiger partial charge in [0.05, 0.1) is 0 Å². The van der Waals surface area contributed by atoms with Crippen LogP contribution in [-0.2, 0) is 13.1 Å². The van der Waals surface area contributed by atoms with Gasteiger partial charge >= 0.3 is 0 Å². The molecule has 100 valence electrons. The average molecular weight is 255 g/mol. The Kier molecular flexibility index (Phi) is 5.53. The Morgan fingerprint density at radius 1 is 1.00 bits per heavy atom. The molecule has 0 spiro atoms. The summed E-state index contributed by atoms with van der Waals surface area (Å²) >= 11 is 0. The summed E-state index contributed by atoms with van der Waals surface area (Å²) < 4.78 is 0. The zero-order valence-corrected chi connectivity index (χ0v) is 11.4. The molecule has 3 nitrogen and oxygen atoms in total. The lowest BCUT2D eigenvalue weighted by Gasteiger charge is -2.16. The van der Waals surface area contributed by atoms with E-state index in [9.17, 15) is 0 Å². The number of likely N-dealkylation sites (N-methyl/N-ethyl adjacent to an activating group) is 1. The third-order valence-corrected chi connectivity index (χ3v) is 3.04. The van der Waals surface area contributed by atoms with E-state index in [2.05, 4.69) is 58.6 Å². The molecule has 1 heterocycles. The van der Waals surface area contributed by atoms with Crippen molar-refractivity contribution >= 4 is 0 Å². The minimum atomic E-state index is 0.934. The van der Waals surface area contributed by atoms with Crippen LogP contribution in [0, 0.1) is 0 Å². The van der Waals surface area contributed by atoms with Gasteiger partial charge in [-0.3, -0.25) is 4.98 Å². The molecule has 1 aromatic carbocycles. The second kappa shape index (κ2) is 7.67. The zero-order valence-electron chi connectivity index (χ0n) is 11.4. The minimum Gasteiger partial charge on any atom is -0.311 e. The standard InChI is InChI=1S/C16H21N3/c1-19(14-16-7-9-17-10-8-16)12-11-18-13-15-5-3-2-4-6-15/h2-10,18H,11-14H2,1H3. The molecule has 0 amide bonds. The second-order valence-corrected chi connectivity index (χ2v) is 4.76. The predicted octanol–water partition coefficient (Wildman–Crippen LogP) is 2.30. The van der Waals surface area contributed by atoms with E-state index in [0.717, 1.165) is 26.2 Å². The number of nitrogens with one attached hydrogen (secondary N) is 1. The summed E-state index contributed by atoms with van der Waals surface area (Å²) in [6.45, 7) is 3.94. The van der Waals surface area contributed by atoms with E-state index in [1.165, 1.54) is 11.1 Å². The number of nitrogens with zero attached hydrogens (tertiary/aromatic N) is 2. The highest BCUT2D eigenvalue weighted by Crippen LogP contribution is 2.00. The van der Waals surface area contributed by atoms with Crippen molar-refractivity contribution in [3.63, 3.8) is 0 Å². The number of benzene rings is 1. The van der Waals surface area contributed by atoms with Gasteiger partial charge in [0.25, 0.3) is 0 Å². The molecule has 0 saturated heterocycles. The van der Waals surface area contributed by atoms with Gasteiger partial charge in [0.1, 0.15) is 0 Å². The molecule has 1 aromatic heterocycles. The number of hydrogen-bond acceptors (Lipinski definition) is 3. The molecule has 0 aliphatic rings. The quantitative estimate of drug-likeness (QED) is 0.770. The lowest BCUT2D eigenvalue weighted by molar-refractivity contribution is 0.324. The maximum Gasteiger partial charge on any atom is 0.0271 e. The Balaban J connectivity index is 1.63. The molecule has 0 aliphatic heterocycles. The monoisotopic (exact) mass is 255 g/mol. The van der Waals surface area contributed by atoms with Crippen LogP contribution < -0.4 is 5.32 Å². The van der Waals surface area contributed by atoms with E-state index in [0.29, 0.717) is 0 Å². The first kappa shape index (κ1) is 13.7. The first-order valence-electron chi connectivity index (χ1n) is 6.66. The van der Waals surface area contributed by atoms with Crippen molar-refractivity contribution in [2.75, 3.05) is 20.1 Å². The van der Waals surface area contributed by atoms with Gasteiger partial charge < -0.3 is 10.2 Å². The number of rotatable bonds is 7. The molecule has 0 radical (unpaired) electrons. The Hall–Kier alpha value is -1.71. The molecule has 3 heteroatoms. The van der Waals surface area contributed by atoms with E-state index in [-0.39, 0.29) is 0 Å². The highest BCUT2D eigenvalue weighted by molar-refractivity contribution is 5.14. The molecule has 2 rings (SSSR count). The molecule has 0 bridgehead atoms. The summed E-state index contributed by atoms with van der Waals surface area (Å²) in [5, 5.41) is 3.46. The SMILES string of the molecule is CN(CCNCc1ccccc1)Cc1ccncc1. The van der Waals surface area contributed by atoms with Gasteiger partial charge in [-0.05, 0) is 30.3 Å². The third-order valence-electron chi connectivity index (χ3n) is 3.04. The summed E-state index contributed by atoms with van der Waals surface area (Å²) in [5.41, 5.74) is 2.64. The number of hydrogen-bond donors (Lipinski definition) is 1. The normalized spacial score (nSPS) is 10.8. The summed E-state index contributed by atoms with van der Waals surface area (Å²) in [5.74, 6) is 0. The van der Waals surface area contributed by atoms with Crippen molar-refractivity contribution in [2.45, 2.75) is 13.1 Å². The van der Waals surface area contributed by atoms with Crippen LogP contribution in [0.5, 0.6) is 0 Å². The van der Waals surface area contributed by atoms with Crippen molar-refractivity contribution in [3.05, 3.63) is 66.0 Å². The molecule has 1 N–H and O–H groups in total. The maximum atomic E-state index is 4.03. The lowest BCUT2D eigenvalue weighted by atomic mass is 10.2. The first-order valence-corrected chi connectivity index (χ1v) is 6.66. The fourth-order valence-corrected chi connectivity index (χ4v) is 1.98. The molecular formula is C16H21N3. The summed E-state index contributed by atoms with van der Waals surface area (Å²) in [6, 6.07) is 14.6. The molecule has 0 fully saturated rings. The first-order chi connectivity index (χ1) is 9.34. The number of aromatic nitrogens is 1. The van der Waals surface area contributed by atoms with E-state index in [1.54, 1.807) is 0 Å². The number of pyridine rings is 1. The van der Waals surface area contributed by atoms with Gasteiger partial charge in [-0.15, -0.1) is 0 Å². The Bertz CT molecular complexity index is 456. The van der Waals surface area contributed by atoms with Gasteiger partial charge in [-0.25, -0.2) is 0 Å². The van der Waals surface area contributed by atoms with Crippen LogP contribution >= 0.6 is 0 Å². The zero-order chi connectivity index (χ0) is 13.3. The topological polar surface area (TPSA) is 28.2 Å². The highest BCUT2D eigenvalue weighted by Gasteiger charge is 1.99. The Labute approximate surface area is 115 Å². The molecule has 0 unspecified atom stereocenters. The van der Waals surface area contributed by atoms with Crippen molar-refractivity contribution in [1.82, 2.24) is 15.2 Å². The van der Waals surface area contributed by atoms with Crippen LogP contribution in [0.25, 0.3) is 0 Å². The van der Waals surface area contributed by atoms with Crippen molar-refractivity contribution < 1.29 is 0 Å². The van der Waals surface area contributed by atoms with Gasteiger partial charge in [0.2, 0.25) is 0 Å². The highest BCUT2D eigenvalue weighted by atomic mass is 15.1. The summed E-state index contributed by atoms with van der Waals surface area (Å²) in [7, 11) is 2.14. The smallest absolute Gasteiger partial charge is 0.0271 e. The second-order valence-electron chi connectivity index (χ2n) is 4.76. The van der Waals surface area contributed by atoms with Gasteiger partial charge in [-0.2, -0.15) is 0 Å². The van der Waals surface area contributed by atoms with Crippen LogP contribution in [0.15, 0.2) is 54.9 Å². The fraction of sp³-hybridized carbons (Fsp3) is 0.312. The van der Waals surface area contributed by atoms with Gasteiger partial charge in [-0.1, -0.05) is 30.3 Å². The van der Waals surface area contributed by atoms with Gasteiger partial charge in [0.15, 0.2) is 0 Å². The van der Waals surface area contributed by atoms with Gasteiger partial charge in [0, 0.05) is 38.6 Å². The third kappa shape index (κ3) is 5.20. The van der Waals surface area contributed by atoms with Crippen LogP contribution in [-0.4, -0.2) is 30.0 Å². The minimum absolute atomic E-state index is 0.934. The van der Waals surface area contributed by atoms with Crippen LogP contribution in [0.3, 0.4) is 0 Å². The van der Waals surface area contributed by atoms with E-state index < -0.39 is 0 Å². The van der Waals surface area contributed by atoms with Crippen molar-refractivity contribution in [2.24, 2.45) is 0 Å². The van der Waals surface area contributed by atoms with E-state index >= 15 is 0 Å². The largest absolute Gasteiger partial charge is 0.311 e. The molecule has 0 saturated carbocycles. The summed E-state index contributed by atoms with van der Waals surface area (Å²) in [4.78, 5) is 6.34. The molecule has 0 aliphatic carbocycles. The lowest BCUT2D eigenvalue weighted by Crippen LogP contribution is -2.28. The average Bonchev–Trinajstić information content (AvgIpc) is 2.46.